The predicted molar refractivity (Wildman–Crippen MR) is 185 cm³/mol. The average Bonchev–Trinajstić information content (AvgIpc) is 3.00. The number of aryl methyl sites for hydroxylation is 8. The Balaban J connectivity index is 0.000000235. The van der Waals surface area contributed by atoms with Crippen molar-refractivity contribution in [1.29, 1.82) is 0 Å². The van der Waals surface area contributed by atoms with E-state index >= 15 is 0 Å². The molecule has 6 rings (SSSR count). The van der Waals surface area contributed by atoms with Gasteiger partial charge in [0.05, 0.1) is 5.69 Å². The smallest absolute Gasteiger partial charge is 0.0704 e. The fraction of sp³-hybridized carbons (Fsp3) is 0.195. The van der Waals surface area contributed by atoms with E-state index in [-0.39, 0.29) is 40.2 Å². The van der Waals surface area contributed by atoms with Crippen molar-refractivity contribution in [1.82, 2.24) is 15.0 Å². The molecular weight excluding hydrogens is 919 g/mol. The Kier molecular flexibility index (Phi) is 15.5. The Morgan fingerprint density at radius 1 is 0.457 bits per heavy atom. The molecule has 0 N–H and O–H groups in total. The van der Waals surface area contributed by atoms with Crippen molar-refractivity contribution in [3.8, 4) is 33.8 Å². The van der Waals surface area contributed by atoms with E-state index in [0.717, 1.165) is 33.9 Å². The van der Waals surface area contributed by atoms with E-state index in [0.29, 0.717) is 0 Å². The molecule has 5 heteroatoms. The molecule has 6 aromatic rings. The summed E-state index contributed by atoms with van der Waals surface area (Å²) in [6.45, 7) is 16.7. The van der Waals surface area contributed by atoms with E-state index in [1.165, 1.54) is 44.5 Å². The third kappa shape index (κ3) is 11.3. The molecule has 3 aromatic carbocycles. The van der Waals surface area contributed by atoms with Crippen LogP contribution in [-0.2, 0) is 40.2 Å². The molecule has 0 saturated heterocycles. The van der Waals surface area contributed by atoms with Crippen LogP contribution in [0.5, 0.6) is 0 Å². The van der Waals surface area contributed by atoms with E-state index in [2.05, 4.69) is 130 Å². The van der Waals surface area contributed by atoms with Crippen LogP contribution >= 0.6 is 0 Å². The van der Waals surface area contributed by atoms with Crippen molar-refractivity contribution in [2.75, 3.05) is 0 Å². The van der Waals surface area contributed by atoms with Crippen molar-refractivity contribution < 1.29 is 40.2 Å². The third-order valence-corrected chi connectivity index (χ3v) is 7.37. The van der Waals surface area contributed by atoms with Gasteiger partial charge in [0.1, 0.15) is 0 Å². The molecule has 0 saturated carbocycles. The molecule has 0 fully saturated rings. The van der Waals surface area contributed by atoms with Crippen LogP contribution in [0.25, 0.3) is 33.8 Å². The van der Waals surface area contributed by atoms with Crippen molar-refractivity contribution in [3.05, 3.63) is 160 Å². The van der Waals surface area contributed by atoms with Gasteiger partial charge >= 0.3 is 0 Å². The standard InChI is InChI=1S/C14H15N.C14H14N.C13H12N.2Ir/c2*1-10-5-4-6-13(7-10)14-8-11(2)12(3)9-15-14;1-10-8-11(2)14-13(9-10)12-6-4-3-5-7-12;;/h4-9H,1-3H3;4-5,7-9H,1-3H3;3-6,8-9H,1-2H3;;/q;2*-1;;. The second-order valence-corrected chi connectivity index (χ2v) is 11.4. The minimum atomic E-state index is 0. The normalized spacial score (nSPS) is 9.83. The second-order valence-electron chi connectivity index (χ2n) is 11.4. The van der Waals surface area contributed by atoms with Gasteiger partial charge in [0.2, 0.25) is 0 Å². The van der Waals surface area contributed by atoms with E-state index in [1.807, 2.05) is 55.7 Å². The number of benzene rings is 3. The first-order valence-electron chi connectivity index (χ1n) is 14.9. The van der Waals surface area contributed by atoms with Gasteiger partial charge in [-0.25, -0.2) is 0 Å². The summed E-state index contributed by atoms with van der Waals surface area (Å²) in [5, 5.41) is 0. The molecular formula is C41H41Ir2N3-2. The van der Waals surface area contributed by atoms with Crippen LogP contribution in [0.1, 0.15) is 44.6 Å². The summed E-state index contributed by atoms with van der Waals surface area (Å²) in [5.74, 6) is 0. The monoisotopic (exact) mass is 961 g/mol. The third-order valence-electron chi connectivity index (χ3n) is 7.37. The van der Waals surface area contributed by atoms with Crippen LogP contribution in [0.4, 0.5) is 0 Å². The molecule has 0 aliphatic carbocycles. The zero-order chi connectivity index (χ0) is 31.6. The van der Waals surface area contributed by atoms with Gasteiger partial charge in [-0.2, -0.15) is 0 Å². The van der Waals surface area contributed by atoms with Crippen molar-refractivity contribution >= 4 is 0 Å². The van der Waals surface area contributed by atoms with Gasteiger partial charge in [0.15, 0.2) is 0 Å². The first kappa shape index (κ1) is 38.6. The summed E-state index contributed by atoms with van der Waals surface area (Å²) in [5.41, 5.74) is 16.2. The van der Waals surface area contributed by atoms with Gasteiger partial charge in [-0.3, -0.25) is 4.98 Å². The Morgan fingerprint density at radius 3 is 1.67 bits per heavy atom. The number of hydrogen-bond donors (Lipinski definition) is 0. The summed E-state index contributed by atoms with van der Waals surface area (Å²) in [6, 6.07) is 37.2. The Hall–Kier alpha value is -3.59. The summed E-state index contributed by atoms with van der Waals surface area (Å²) in [7, 11) is 0. The summed E-state index contributed by atoms with van der Waals surface area (Å²) in [6.07, 6.45) is 3.86. The molecule has 0 unspecified atom stereocenters. The van der Waals surface area contributed by atoms with E-state index in [9.17, 15) is 0 Å². The number of pyridine rings is 3. The molecule has 0 aliphatic rings. The zero-order valence-corrected chi connectivity index (χ0v) is 32.6. The Morgan fingerprint density at radius 2 is 1.09 bits per heavy atom. The van der Waals surface area contributed by atoms with E-state index in [4.69, 9.17) is 0 Å². The molecule has 240 valence electrons. The van der Waals surface area contributed by atoms with E-state index < -0.39 is 0 Å². The average molecular weight is 960 g/mol. The van der Waals surface area contributed by atoms with Crippen LogP contribution in [-0.4, -0.2) is 15.0 Å². The molecule has 3 heterocycles. The van der Waals surface area contributed by atoms with Gasteiger partial charge in [-0.1, -0.05) is 53.9 Å². The van der Waals surface area contributed by atoms with Crippen molar-refractivity contribution in [2.45, 2.75) is 55.4 Å². The molecule has 0 aliphatic heterocycles. The minimum Gasteiger partial charge on any atom is -0.304 e. The van der Waals surface area contributed by atoms with Crippen LogP contribution < -0.4 is 0 Å². The molecule has 46 heavy (non-hydrogen) atoms. The fourth-order valence-electron chi connectivity index (χ4n) is 4.62. The number of rotatable bonds is 3. The number of aromatic nitrogens is 3. The Bertz CT molecular complexity index is 1740. The molecule has 0 spiro atoms. The largest absolute Gasteiger partial charge is 0.304 e. The van der Waals surface area contributed by atoms with Gasteiger partial charge in [0, 0.05) is 63.9 Å². The minimum absolute atomic E-state index is 0. The van der Waals surface area contributed by atoms with E-state index in [1.54, 1.807) is 0 Å². The summed E-state index contributed by atoms with van der Waals surface area (Å²) < 4.78 is 0. The quantitative estimate of drug-likeness (QED) is 0.166. The first-order valence-corrected chi connectivity index (χ1v) is 14.9. The van der Waals surface area contributed by atoms with Crippen LogP contribution in [0.2, 0.25) is 0 Å². The maximum absolute atomic E-state index is 4.47. The van der Waals surface area contributed by atoms with Gasteiger partial charge in [-0.05, 0) is 94.7 Å². The summed E-state index contributed by atoms with van der Waals surface area (Å²) in [4.78, 5) is 13.3. The SMILES string of the molecule is Cc1cc(C)nc(-c2[c-]cccc2)c1.Cc1cc[c-]c(-c2cc(C)c(C)cn2)c1.Cc1cccc(-c2cc(C)c(C)cn2)c1.[Ir].[Ir]. The van der Waals surface area contributed by atoms with Crippen LogP contribution in [0, 0.1) is 67.5 Å². The first-order chi connectivity index (χ1) is 21.1. The topological polar surface area (TPSA) is 38.7 Å². The van der Waals surface area contributed by atoms with Crippen molar-refractivity contribution in [2.24, 2.45) is 0 Å². The van der Waals surface area contributed by atoms with Crippen LogP contribution in [0.15, 0.2) is 103 Å². The number of nitrogens with zero attached hydrogens (tertiary/aromatic N) is 3. The fourth-order valence-corrected chi connectivity index (χ4v) is 4.62. The maximum Gasteiger partial charge on any atom is 0.0704 e. The van der Waals surface area contributed by atoms with Gasteiger partial charge < -0.3 is 9.97 Å². The molecule has 0 bridgehead atoms. The summed E-state index contributed by atoms with van der Waals surface area (Å²) >= 11 is 0. The van der Waals surface area contributed by atoms with Gasteiger partial charge in [-0.15, -0.1) is 71.3 Å². The molecule has 3 aromatic heterocycles. The molecule has 3 nitrogen and oxygen atoms in total. The van der Waals surface area contributed by atoms with Crippen molar-refractivity contribution in [3.63, 3.8) is 0 Å². The zero-order valence-electron chi connectivity index (χ0n) is 27.8. The predicted octanol–water partition coefficient (Wildman–Crippen LogP) is 10.3. The molecule has 2 radical (unpaired) electrons. The van der Waals surface area contributed by atoms with Crippen LogP contribution in [0.3, 0.4) is 0 Å². The number of hydrogen-bond acceptors (Lipinski definition) is 3. The second kappa shape index (κ2) is 18.5. The maximum atomic E-state index is 4.47. The Labute approximate surface area is 302 Å². The molecule has 0 atom stereocenters. The van der Waals surface area contributed by atoms with Gasteiger partial charge in [0.25, 0.3) is 0 Å². The molecule has 0 amide bonds.